The molecule has 3 aromatic rings. The summed E-state index contributed by atoms with van der Waals surface area (Å²) in [5, 5.41) is 6.42. The lowest BCUT2D eigenvalue weighted by Gasteiger charge is -2.09. The first kappa shape index (κ1) is 13.2. The van der Waals surface area contributed by atoms with E-state index < -0.39 is 0 Å². The van der Waals surface area contributed by atoms with E-state index in [1.807, 2.05) is 47.1 Å². The Morgan fingerprint density at radius 3 is 2.90 bits per heavy atom. The molecule has 0 spiro atoms. The summed E-state index contributed by atoms with van der Waals surface area (Å²) in [7, 11) is 1.74. The van der Waals surface area contributed by atoms with Gasteiger partial charge in [-0.25, -0.2) is 4.98 Å². The molecule has 0 aliphatic rings. The summed E-state index contributed by atoms with van der Waals surface area (Å²) in [4.78, 5) is 8.70. The maximum Gasteiger partial charge on any atom is 0.191 e. The molecule has 108 valence electrons. The average Bonchev–Trinajstić information content (AvgIpc) is 3.16. The number of pyridine rings is 1. The van der Waals surface area contributed by atoms with Crippen molar-refractivity contribution in [2.75, 3.05) is 7.05 Å². The number of hydrogen-bond donors (Lipinski definition) is 2. The Balaban J connectivity index is 1.57. The second-order valence-corrected chi connectivity index (χ2v) is 4.56. The van der Waals surface area contributed by atoms with Gasteiger partial charge in [0.25, 0.3) is 0 Å². The van der Waals surface area contributed by atoms with Gasteiger partial charge in [0, 0.05) is 19.4 Å². The number of aromatic nitrogens is 2. The van der Waals surface area contributed by atoms with Gasteiger partial charge in [0.05, 0.1) is 25.0 Å². The van der Waals surface area contributed by atoms with E-state index in [0.717, 1.165) is 17.1 Å². The molecule has 0 aromatic carbocycles. The van der Waals surface area contributed by atoms with Crippen LogP contribution in [-0.2, 0) is 13.1 Å². The van der Waals surface area contributed by atoms with Crippen LogP contribution in [0.1, 0.15) is 11.5 Å². The van der Waals surface area contributed by atoms with Crippen LogP contribution < -0.4 is 10.6 Å². The number of imidazole rings is 1. The van der Waals surface area contributed by atoms with Crippen molar-refractivity contribution in [2.24, 2.45) is 4.99 Å². The van der Waals surface area contributed by atoms with E-state index in [2.05, 4.69) is 20.6 Å². The molecule has 0 aliphatic carbocycles. The SMILES string of the molecule is CN=C(NCc1cn2ccccc2n1)NCc1ccco1. The molecule has 0 atom stereocenters. The first-order valence-electron chi connectivity index (χ1n) is 6.74. The predicted molar refractivity (Wildman–Crippen MR) is 80.9 cm³/mol. The number of rotatable bonds is 4. The quantitative estimate of drug-likeness (QED) is 0.566. The van der Waals surface area contributed by atoms with Gasteiger partial charge in [-0.15, -0.1) is 0 Å². The number of guanidine groups is 1. The summed E-state index contributed by atoms with van der Waals surface area (Å²) in [6.07, 6.45) is 5.64. The molecule has 0 saturated heterocycles. The molecule has 0 amide bonds. The maximum absolute atomic E-state index is 5.27. The third-order valence-corrected chi connectivity index (χ3v) is 3.08. The normalized spacial score (nSPS) is 11.8. The zero-order valence-electron chi connectivity index (χ0n) is 11.8. The lowest BCUT2D eigenvalue weighted by atomic mass is 10.4. The van der Waals surface area contributed by atoms with E-state index in [1.54, 1.807) is 13.3 Å². The van der Waals surface area contributed by atoms with E-state index in [9.17, 15) is 0 Å². The summed E-state index contributed by atoms with van der Waals surface area (Å²) < 4.78 is 7.27. The number of hydrogen-bond acceptors (Lipinski definition) is 3. The summed E-state index contributed by atoms with van der Waals surface area (Å²) in [5.74, 6) is 1.58. The molecule has 0 saturated carbocycles. The second kappa shape index (κ2) is 6.13. The van der Waals surface area contributed by atoms with Crippen molar-refractivity contribution in [3.63, 3.8) is 0 Å². The van der Waals surface area contributed by atoms with Crippen LogP contribution in [0.15, 0.2) is 58.4 Å². The zero-order chi connectivity index (χ0) is 14.5. The molecule has 3 aromatic heterocycles. The van der Waals surface area contributed by atoms with Crippen molar-refractivity contribution in [2.45, 2.75) is 13.1 Å². The highest BCUT2D eigenvalue weighted by molar-refractivity contribution is 5.79. The second-order valence-electron chi connectivity index (χ2n) is 4.56. The highest BCUT2D eigenvalue weighted by atomic mass is 16.3. The fraction of sp³-hybridized carbons (Fsp3) is 0.200. The Bertz CT molecular complexity index is 696. The van der Waals surface area contributed by atoms with Gasteiger partial charge in [0.15, 0.2) is 5.96 Å². The Kier molecular flexibility index (Phi) is 3.86. The number of fused-ring (bicyclic) bond motifs is 1. The topological polar surface area (TPSA) is 66.9 Å². The first-order chi connectivity index (χ1) is 10.3. The van der Waals surface area contributed by atoms with Gasteiger partial charge in [-0.2, -0.15) is 0 Å². The zero-order valence-corrected chi connectivity index (χ0v) is 11.8. The number of nitrogens with one attached hydrogen (secondary N) is 2. The maximum atomic E-state index is 5.27. The Morgan fingerprint density at radius 1 is 1.24 bits per heavy atom. The van der Waals surface area contributed by atoms with Crippen molar-refractivity contribution in [3.8, 4) is 0 Å². The van der Waals surface area contributed by atoms with Gasteiger partial charge < -0.3 is 19.5 Å². The van der Waals surface area contributed by atoms with Gasteiger partial charge in [-0.1, -0.05) is 6.07 Å². The summed E-state index contributed by atoms with van der Waals surface area (Å²) in [6.45, 7) is 1.21. The molecule has 2 N–H and O–H groups in total. The third kappa shape index (κ3) is 3.22. The van der Waals surface area contributed by atoms with Crippen LogP contribution in [0.5, 0.6) is 0 Å². The fourth-order valence-electron chi connectivity index (χ4n) is 2.05. The van der Waals surface area contributed by atoms with Crippen LogP contribution in [0.3, 0.4) is 0 Å². The van der Waals surface area contributed by atoms with Gasteiger partial charge in [0.2, 0.25) is 0 Å². The largest absolute Gasteiger partial charge is 0.467 e. The monoisotopic (exact) mass is 283 g/mol. The van der Waals surface area contributed by atoms with Crippen LogP contribution in [-0.4, -0.2) is 22.4 Å². The molecular formula is C15H17N5O. The molecular weight excluding hydrogens is 266 g/mol. The van der Waals surface area contributed by atoms with Crippen LogP contribution in [0.4, 0.5) is 0 Å². The first-order valence-corrected chi connectivity index (χ1v) is 6.74. The highest BCUT2D eigenvalue weighted by Crippen LogP contribution is 2.04. The molecule has 6 heteroatoms. The molecule has 3 heterocycles. The Morgan fingerprint density at radius 2 is 2.14 bits per heavy atom. The van der Waals surface area contributed by atoms with Gasteiger partial charge in [0.1, 0.15) is 11.4 Å². The van der Waals surface area contributed by atoms with Crippen molar-refractivity contribution < 1.29 is 4.42 Å². The lowest BCUT2D eigenvalue weighted by Crippen LogP contribution is -2.36. The highest BCUT2D eigenvalue weighted by Gasteiger charge is 2.03. The van der Waals surface area contributed by atoms with Crippen LogP contribution >= 0.6 is 0 Å². The lowest BCUT2D eigenvalue weighted by molar-refractivity contribution is 0.501. The molecule has 0 bridgehead atoms. The Labute approximate surface area is 122 Å². The summed E-state index contributed by atoms with van der Waals surface area (Å²) >= 11 is 0. The van der Waals surface area contributed by atoms with Crippen molar-refractivity contribution in [3.05, 3.63) is 60.4 Å². The minimum Gasteiger partial charge on any atom is -0.467 e. The molecule has 0 radical (unpaired) electrons. The smallest absolute Gasteiger partial charge is 0.191 e. The number of aliphatic imine (C=N–C) groups is 1. The number of furan rings is 1. The standard InChI is InChI=1S/C15H17N5O/c1-16-15(18-10-13-5-4-8-21-13)17-9-12-11-20-7-3-2-6-14(20)19-12/h2-8,11H,9-10H2,1H3,(H2,16,17,18). The molecule has 6 nitrogen and oxygen atoms in total. The van der Waals surface area contributed by atoms with E-state index in [-0.39, 0.29) is 0 Å². The summed E-state index contributed by atoms with van der Waals surface area (Å²) in [5.41, 5.74) is 1.90. The van der Waals surface area contributed by atoms with E-state index in [0.29, 0.717) is 19.0 Å². The van der Waals surface area contributed by atoms with E-state index >= 15 is 0 Å². The van der Waals surface area contributed by atoms with Crippen LogP contribution in [0.2, 0.25) is 0 Å². The van der Waals surface area contributed by atoms with Crippen LogP contribution in [0.25, 0.3) is 5.65 Å². The fourth-order valence-corrected chi connectivity index (χ4v) is 2.05. The minimum absolute atomic E-state index is 0.595. The van der Waals surface area contributed by atoms with Crippen molar-refractivity contribution in [1.29, 1.82) is 0 Å². The molecule has 3 rings (SSSR count). The van der Waals surface area contributed by atoms with Crippen molar-refractivity contribution >= 4 is 11.6 Å². The molecule has 0 fully saturated rings. The summed E-state index contributed by atoms with van der Waals surface area (Å²) in [6, 6.07) is 9.72. The third-order valence-electron chi connectivity index (χ3n) is 3.08. The van der Waals surface area contributed by atoms with Gasteiger partial charge in [-0.05, 0) is 24.3 Å². The molecule has 0 aliphatic heterocycles. The van der Waals surface area contributed by atoms with Gasteiger partial charge >= 0.3 is 0 Å². The number of nitrogens with zero attached hydrogens (tertiary/aromatic N) is 3. The molecule has 0 unspecified atom stereocenters. The Hall–Kier alpha value is -2.76. The van der Waals surface area contributed by atoms with E-state index in [4.69, 9.17) is 4.42 Å². The van der Waals surface area contributed by atoms with Gasteiger partial charge in [-0.3, -0.25) is 4.99 Å². The van der Waals surface area contributed by atoms with Crippen LogP contribution in [0, 0.1) is 0 Å². The van der Waals surface area contributed by atoms with E-state index in [1.165, 1.54) is 0 Å². The predicted octanol–water partition coefficient (Wildman–Crippen LogP) is 1.79. The average molecular weight is 283 g/mol. The van der Waals surface area contributed by atoms with Crippen molar-refractivity contribution in [1.82, 2.24) is 20.0 Å². The molecule has 21 heavy (non-hydrogen) atoms. The minimum atomic E-state index is 0.595.